The molecule has 0 fully saturated rings. The monoisotopic (exact) mass is 290 g/mol. The molecule has 0 bridgehead atoms. The molecule has 1 N–H and O–H groups in total. The van der Waals surface area contributed by atoms with Crippen molar-refractivity contribution in [1.82, 2.24) is 0 Å². The predicted octanol–water partition coefficient (Wildman–Crippen LogP) is 5.06. The minimum atomic E-state index is 0.151. The van der Waals surface area contributed by atoms with Crippen molar-refractivity contribution in [2.75, 3.05) is 11.1 Å². The molecule has 1 aromatic rings. The average Bonchev–Trinajstić information content (AvgIpc) is 2.82. The fourth-order valence-corrected chi connectivity index (χ4v) is 3.66. The Morgan fingerprint density at radius 3 is 2.20 bits per heavy atom. The largest absolute Gasteiger partial charge is 0.335 e. The number of rotatable bonds is 3. The molecule has 0 saturated carbocycles. The number of nitrogens with one attached hydrogen (secondary N) is 1. The van der Waals surface area contributed by atoms with Crippen LogP contribution in [0.1, 0.15) is 53.0 Å². The van der Waals surface area contributed by atoms with Crippen LogP contribution in [0.4, 0.5) is 5.69 Å². The van der Waals surface area contributed by atoms with Gasteiger partial charge in [-0.1, -0.05) is 58.5 Å². The number of benzene rings is 1. The summed E-state index contributed by atoms with van der Waals surface area (Å²) in [5.41, 5.74) is 2.85. The molecular formula is C17H26N2S. The summed E-state index contributed by atoms with van der Waals surface area (Å²) in [5, 5.41) is 4.52. The zero-order valence-corrected chi connectivity index (χ0v) is 14.1. The minimum Gasteiger partial charge on any atom is -0.335 e. The molecule has 2 nitrogen and oxygen atoms in total. The van der Waals surface area contributed by atoms with Crippen molar-refractivity contribution in [3.63, 3.8) is 0 Å². The molecule has 0 aliphatic carbocycles. The van der Waals surface area contributed by atoms with E-state index in [2.05, 4.69) is 64.2 Å². The second-order valence-electron chi connectivity index (χ2n) is 6.59. The van der Waals surface area contributed by atoms with Gasteiger partial charge in [-0.3, -0.25) is 4.99 Å². The number of aliphatic imine (C=N–C) groups is 1. The van der Waals surface area contributed by atoms with Gasteiger partial charge in [0.1, 0.15) is 0 Å². The van der Waals surface area contributed by atoms with Gasteiger partial charge in [0.05, 0.1) is 5.54 Å². The van der Waals surface area contributed by atoms with Crippen molar-refractivity contribution in [2.45, 2.75) is 58.4 Å². The molecule has 1 aliphatic rings. The Balaban J connectivity index is 2.08. The maximum absolute atomic E-state index is 4.89. The first-order valence-electron chi connectivity index (χ1n) is 7.49. The summed E-state index contributed by atoms with van der Waals surface area (Å²) < 4.78 is 0. The lowest BCUT2D eigenvalue weighted by atomic mass is 9.87. The minimum absolute atomic E-state index is 0.151. The van der Waals surface area contributed by atoms with E-state index in [-0.39, 0.29) is 11.0 Å². The second kappa shape index (κ2) is 5.80. The van der Waals surface area contributed by atoms with Crippen molar-refractivity contribution in [3.05, 3.63) is 29.8 Å². The SMILES string of the molecule is CCC1(CC)CSC(Nc2ccc(C(C)(C)C)cc2)=N1. The van der Waals surface area contributed by atoms with Crippen LogP contribution in [-0.4, -0.2) is 16.5 Å². The van der Waals surface area contributed by atoms with Gasteiger partial charge in [0.2, 0.25) is 0 Å². The van der Waals surface area contributed by atoms with Crippen LogP contribution >= 0.6 is 11.8 Å². The van der Waals surface area contributed by atoms with Crippen molar-refractivity contribution in [3.8, 4) is 0 Å². The van der Waals surface area contributed by atoms with Crippen LogP contribution in [0.2, 0.25) is 0 Å². The fourth-order valence-electron chi connectivity index (χ4n) is 2.34. The van der Waals surface area contributed by atoms with E-state index >= 15 is 0 Å². The first kappa shape index (κ1) is 15.4. The van der Waals surface area contributed by atoms with Gasteiger partial charge >= 0.3 is 0 Å². The number of nitrogens with zero attached hydrogens (tertiary/aromatic N) is 1. The van der Waals surface area contributed by atoms with Gasteiger partial charge in [-0.25, -0.2) is 0 Å². The molecule has 0 spiro atoms. The lowest BCUT2D eigenvalue weighted by Crippen LogP contribution is -2.24. The molecule has 20 heavy (non-hydrogen) atoms. The van der Waals surface area contributed by atoms with Crippen molar-refractivity contribution >= 4 is 22.6 Å². The highest BCUT2D eigenvalue weighted by Gasteiger charge is 2.32. The standard InChI is InChI=1S/C17H26N2S/c1-6-17(7-2)12-20-15(19-17)18-14-10-8-13(9-11-14)16(3,4)5/h8-11H,6-7,12H2,1-5H3,(H,18,19). The molecule has 3 heteroatoms. The number of hydrogen-bond donors (Lipinski definition) is 1. The Morgan fingerprint density at radius 1 is 1.15 bits per heavy atom. The van der Waals surface area contributed by atoms with Crippen molar-refractivity contribution < 1.29 is 0 Å². The van der Waals surface area contributed by atoms with E-state index in [1.807, 2.05) is 11.8 Å². The van der Waals surface area contributed by atoms with Gasteiger partial charge in [0, 0.05) is 11.4 Å². The van der Waals surface area contributed by atoms with Crippen LogP contribution in [-0.2, 0) is 5.41 Å². The molecular weight excluding hydrogens is 264 g/mol. The van der Waals surface area contributed by atoms with Crippen LogP contribution in [0.15, 0.2) is 29.3 Å². The van der Waals surface area contributed by atoms with E-state index in [1.54, 1.807) is 0 Å². The first-order valence-corrected chi connectivity index (χ1v) is 8.47. The summed E-state index contributed by atoms with van der Waals surface area (Å²) >= 11 is 1.84. The van der Waals surface area contributed by atoms with Crippen LogP contribution < -0.4 is 5.32 Å². The van der Waals surface area contributed by atoms with Gasteiger partial charge in [-0.15, -0.1) is 0 Å². The molecule has 2 rings (SSSR count). The molecule has 1 heterocycles. The van der Waals surface area contributed by atoms with E-state index in [4.69, 9.17) is 4.99 Å². The molecule has 0 unspecified atom stereocenters. The summed E-state index contributed by atoms with van der Waals surface area (Å²) in [5.74, 6) is 1.10. The summed E-state index contributed by atoms with van der Waals surface area (Å²) in [7, 11) is 0. The summed E-state index contributed by atoms with van der Waals surface area (Å²) in [6, 6.07) is 8.72. The highest BCUT2D eigenvalue weighted by Crippen LogP contribution is 2.34. The Bertz CT molecular complexity index is 479. The number of hydrogen-bond acceptors (Lipinski definition) is 3. The van der Waals surface area contributed by atoms with Crippen LogP contribution in [0.25, 0.3) is 0 Å². The van der Waals surface area contributed by atoms with Crippen molar-refractivity contribution in [1.29, 1.82) is 0 Å². The Hall–Kier alpha value is -0.960. The van der Waals surface area contributed by atoms with Gasteiger partial charge < -0.3 is 5.32 Å². The third-order valence-electron chi connectivity index (χ3n) is 4.13. The van der Waals surface area contributed by atoms with Crippen LogP contribution in [0.3, 0.4) is 0 Å². The van der Waals surface area contributed by atoms with Gasteiger partial charge in [0.15, 0.2) is 5.17 Å². The zero-order chi connectivity index (χ0) is 14.8. The maximum Gasteiger partial charge on any atom is 0.161 e. The highest BCUT2D eigenvalue weighted by molar-refractivity contribution is 8.14. The number of amidine groups is 1. The van der Waals surface area contributed by atoms with Gasteiger partial charge in [-0.2, -0.15) is 0 Å². The van der Waals surface area contributed by atoms with E-state index in [0.29, 0.717) is 0 Å². The quantitative estimate of drug-likeness (QED) is 0.841. The Kier molecular flexibility index (Phi) is 4.48. The van der Waals surface area contributed by atoms with E-state index in [9.17, 15) is 0 Å². The lowest BCUT2D eigenvalue weighted by Gasteiger charge is -2.20. The topological polar surface area (TPSA) is 24.4 Å². The number of anilines is 1. The third kappa shape index (κ3) is 3.38. The Labute approximate surface area is 127 Å². The number of thioether (sulfide) groups is 1. The summed E-state index contributed by atoms with van der Waals surface area (Å²) in [4.78, 5) is 4.89. The lowest BCUT2D eigenvalue weighted by molar-refractivity contribution is 0.456. The zero-order valence-electron chi connectivity index (χ0n) is 13.3. The molecule has 0 aromatic heterocycles. The summed E-state index contributed by atoms with van der Waals surface area (Å²) in [6.07, 6.45) is 2.23. The first-order chi connectivity index (χ1) is 9.38. The van der Waals surface area contributed by atoms with E-state index < -0.39 is 0 Å². The molecule has 110 valence electrons. The summed E-state index contributed by atoms with van der Waals surface area (Å²) in [6.45, 7) is 11.2. The average molecular weight is 290 g/mol. The van der Waals surface area contributed by atoms with Crippen LogP contribution in [0, 0.1) is 0 Å². The second-order valence-corrected chi connectivity index (χ2v) is 7.55. The predicted molar refractivity (Wildman–Crippen MR) is 92.0 cm³/mol. The van der Waals surface area contributed by atoms with Gasteiger partial charge in [-0.05, 0) is 36.0 Å². The molecule has 1 aromatic carbocycles. The molecule has 0 saturated heterocycles. The van der Waals surface area contributed by atoms with Crippen LogP contribution in [0.5, 0.6) is 0 Å². The van der Waals surface area contributed by atoms with Crippen molar-refractivity contribution in [2.24, 2.45) is 4.99 Å². The smallest absolute Gasteiger partial charge is 0.161 e. The fraction of sp³-hybridized carbons (Fsp3) is 0.588. The highest BCUT2D eigenvalue weighted by atomic mass is 32.2. The van der Waals surface area contributed by atoms with E-state index in [0.717, 1.165) is 29.4 Å². The maximum atomic E-state index is 4.89. The molecule has 0 amide bonds. The van der Waals surface area contributed by atoms with Gasteiger partial charge in [0.25, 0.3) is 0 Å². The molecule has 1 aliphatic heterocycles. The molecule has 0 atom stereocenters. The normalized spacial score (nSPS) is 17.9. The molecule has 0 radical (unpaired) electrons. The third-order valence-corrected chi connectivity index (χ3v) is 5.28. The van der Waals surface area contributed by atoms with E-state index in [1.165, 1.54) is 5.56 Å². The Morgan fingerprint density at radius 2 is 1.75 bits per heavy atom.